The average Bonchev–Trinajstić information content (AvgIpc) is 4.09. The van der Waals surface area contributed by atoms with Crippen LogP contribution in [0, 0.1) is 0 Å². The molecule has 1 atom stereocenters. The van der Waals surface area contributed by atoms with Gasteiger partial charge in [0.2, 0.25) is 0 Å². The largest absolute Gasteiger partial charge is 0.454 e. The van der Waals surface area contributed by atoms with E-state index in [2.05, 4.69) is 234 Å². The number of hydrogen-bond donors (Lipinski definition) is 1. The number of anilines is 1. The van der Waals surface area contributed by atoms with Crippen LogP contribution in [0.15, 0.2) is 234 Å². The van der Waals surface area contributed by atoms with Crippen molar-refractivity contribution >= 4 is 87.3 Å². The van der Waals surface area contributed by atoms with Crippen LogP contribution in [0.3, 0.4) is 0 Å². The standard InChI is InChI=1S/C62H39N3OS/c1-4-16-38(17-5-1)40-30-32-42(33-31-40)58-61-59(46-24-12-13-29-55(46)67-61)64-62(63-58)48-26-15-28-54-57(48)47-25-14-27-52(60(47)66-54)65-51-35-34-43(39-18-6-2-7-19-39)36-50(51)56-45-23-11-10-22-44(45)49(37-53(56)65)41-20-8-3-9-21-41/h1-37,62,64H. The fourth-order valence-electron chi connectivity index (χ4n) is 10.6. The Morgan fingerprint density at radius 3 is 1.84 bits per heavy atom. The minimum absolute atomic E-state index is 0.369. The number of para-hydroxylation sites is 1. The van der Waals surface area contributed by atoms with E-state index >= 15 is 0 Å². The van der Waals surface area contributed by atoms with Gasteiger partial charge in [-0.2, -0.15) is 0 Å². The van der Waals surface area contributed by atoms with Crippen molar-refractivity contribution in [2.24, 2.45) is 4.99 Å². The third-order valence-corrected chi connectivity index (χ3v) is 14.8. The van der Waals surface area contributed by atoms with E-state index in [9.17, 15) is 0 Å². The van der Waals surface area contributed by atoms with E-state index in [0.29, 0.717) is 0 Å². The first-order valence-electron chi connectivity index (χ1n) is 22.8. The van der Waals surface area contributed by atoms with Crippen LogP contribution >= 0.6 is 11.3 Å². The molecule has 0 fully saturated rings. The molecule has 0 saturated heterocycles. The summed E-state index contributed by atoms with van der Waals surface area (Å²) in [5.74, 6) is 0. The summed E-state index contributed by atoms with van der Waals surface area (Å²) < 4.78 is 10.8. The number of furan rings is 1. The number of benzene rings is 10. The number of rotatable bonds is 6. The number of aliphatic imine (C=N–C) groups is 1. The fourth-order valence-corrected chi connectivity index (χ4v) is 11.8. The maximum atomic E-state index is 7.13. The van der Waals surface area contributed by atoms with Gasteiger partial charge in [0.05, 0.1) is 33.0 Å². The van der Waals surface area contributed by atoms with Crippen molar-refractivity contribution in [3.05, 3.63) is 240 Å². The first-order chi connectivity index (χ1) is 33.2. The van der Waals surface area contributed by atoms with Crippen molar-refractivity contribution in [1.82, 2.24) is 4.57 Å². The summed E-state index contributed by atoms with van der Waals surface area (Å²) in [4.78, 5) is 6.78. The summed E-state index contributed by atoms with van der Waals surface area (Å²) in [6.07, 6.45) is -0.369. The van der Waals surface area contributed by atoms with E-state index in [-0.39, 0.29) is 6.17 Å². The van der Waals surface area contributed by atoms with Gasteiger partial charge in [-0.1, -0.05) is 188 Å². The van der Waals surface area contributed by atoms with Crippen LogP contribution in [0.5, 0.6) is 0 Å². The SMILES string of the molecule is c1ccc(-c2ccc(C3=NC(c4cccc5oc6c(-n7c8ccc(-c9ccccc9)cc8c8c9ccccc9c(-c9ccccc9)cc87)cccc6c45)Nc4c3sc3ccccc43)cc2)cc1. The van der Waals surface area contributed by atoms with Gasteiger partial charge in [0.1, 0.15) is 11.7 Å². The Hall–Kier alpha value is -8.51. The molecule has 1 aliphatic rings. The lowest BCUT2D eigenvalue weighted by Crippen LogP contribution is -2.19. The summed E-state index contributed by atoms with van der Waals surface area (Å²) in [5.41, 5.74) is 16.3. The molecule has 4 heterocycles. The minimum Gasteiger partial charge on any atom is -0.454 e. The molecule has 0 amide bonds. The molecule has 1 N–H and O–H groups in total. The molecule has 5 heteroatoms. The van der Waals surface area contributed by atoms with Crippen LogP contribution in [0.1, 0.15) is 22.2 Å². The average molecular weight is 874 g/mol. The van der Waals surface area contributed by atoms with E-state index in [1.54, 1.807) is 11.3 Å². The summed E-state index contributed by atoms with van der Waals surface area (Å²) >= 11 is 1.80. The molecular weight excluding hydrogens is 835 g/mol. The van der Waals surface area contributed by atoms with Crippen LogP contribution < -0.4 is 5.32 Å². The van der Waals surface area contributed by atoms with Crippen molar-refractivity contribution in [2.75, 3.05) is 5.32 Å². The number of aromatic nitrogens is 1. The molecule has 0 spiro atoms. The molecule has 314 valence electrons. The summed E-state index contributed by atoms with van der Waals surface area (Å²) in [7, 11) is 0. The van der Waals surface area contributed by atoms with Crippen LogP contribution in [0.25, 0.3) is 104 Å². The van der Waals surface area contributed by atoms with Gasteiger partial charge in [-0.3, -0.25) is 4.99 Å². The Labute approximate surface area is 390 Å². The van der Waals surface area contributed by atoms with Crippen molar-refractivity contribution in [3.8, 4) is 39.1 Å². The van der Waals surface area contributed by atoms with E-state index in [4.69, 9.17) is 9.41 Å². The molecular formula is C62H39N3OS. The van der Waals surface area contributed by atoms with Gasteiger partial charge in [0.15, 0.2) is 5.58 Å². The molecule has 4 nitrogen and oxygen atoms in total. The molecule has 13 aromatic rings. The highest BCUT2D eigenvalue weighted by Crippen LogP contribution is 2.47. The van der Waals surface area contributed by atoms with Crippen molar-refractivity contribution < 1.29 is 4.42 Å². The van der Waals surface area contributed by atoms with Gasteiger partial charge < -0.3 is 14.3 Å². The van der Waals surface area contributed by atoms with Gasteiger partial charge in [-0.25, -0.2) is 0 Å². The van der Waals surface area contributed by atoms with E-state index < -0.39 is 0 Å². The van der Waals surface area contributed by atoms with Gasteiger partial charge in [-0.15, -0.1) is 11.3 Å². The molecule has 3 aromatic heterocycles. The van der Waals surface area contributed by atoms with Crippen LogP contribution in [-0.2, 0) is 0 Å². The number of thiophene rings is 1. The maximum Gasteiger partial charge on any atom is 0.159 e. The van der Waals surface area contributed by atoms with Gasteiger partial charge in [-0.05, 0) is 80.6 Å². The Kier molecular flexibility index (Phi) is 8.48. The van der Waals surface area contributed by atoms with Crippen LogP contribution in [-0.4, -0.2) is 10.3 Å². The molecule has 10 aromatic carbocycles. The van der Waals surface area contributed by atoms with E-state index in [1.165, 1.54) is 65.0 Å². The quantitative estimate of drug-likeness (QED) is 0.181. The van der Waals surface area contributed by atoms with Gasteiger partial charge in [0.25, 0.3) is 0 Å². The Balaban J connectivity index is 0.994. The fraction of sp³-hybridized carbons (Fsp3) is 0.0161. The first kappa shape index (κ1) is 37.8. The monoisotopic (exact) mass is 873 g/mol. The zero-order chi connectivity index (χ0) is 44.0. The molecule has 0 bridgehead atoms. The Morgan fingerprint density at radius 1 is 0.448 bits per heavy atom. The number of nitrogens with one attached hydrogen (secondary N) is 1. The van der Waals surface area contributed by atoms with Gasteiger partial charge in [0, 0.05) is 42.8 Å². The Bertz CT molecular complexity index is 4110. The summed E-state index contributed by atoms with van der Waals surface area (Å²) in [6, 6.07) is 80.7. The van der Waals surface area contributed by atoms with E-state index in [1.807, 2.05) is 0 Å². The second-order valence-corrected chi connectivity index (χ2v) is 18.5. The smallest absolute Gasteiger partial charge is 0.159 e. The molecule has 0 saturated carbocycles. The third kappa shape index (κ3) is 5.95. The molecule has 14 rings (SSSR count). The molecule has 1 unspecified atom stereocenters. The zero-order valence-corrected chi connectivity index (χ0v) is 37.0. The predicted molar refractivity (Wildman–Crippen MR) is 282 cm³/mol. The van der Waals surface area contributed by atoms with Crippen LogP contribution in [0.4, 0.5) is 5.69 Å². The lowest BCUT2D eigenvalue weighted by Gasteiger charge is -2.25. The molecule has 1 aliphatic heterocycles. The highest BCUT2D eigenvalue weighted by atomic mass is 32.1. The normalized spacial score (nSPS) is 13.7. The van der Waals surface area contributed by atoms with E-state index in [0.717, 1.165) is 66.1 Å². The number of hydrogen-bond acceptors (Lipinski definition) is 4. The highest BCUT2D eigenvalue weighted by molar-refractivity contribution is 7.22. The highest BCUT2D eigenvalue weighted by Gasteiger charge is 2.30. The summed E-state index contributed by atoms with van der Waals surface area (Å²) in [5, 5.41) is 12.1. The topological polar surface area (TPSA) is 42.5 Å². The second-order valence-electron chi connectivity index (χ2n) is 17.4. The molecule has 0 radical (unpaired) electrons. The third-order valence-electron chi connectivity index (χ3n) is 13.6. The Morgan fingerprint density at radius 2 is 1.06 bits per heavy atom. The maximum absolute atomic E-state index is 7.13. The molecule has 0 aliphatic carbocycles. The summed E-state index contributed by atoms with van der Waals surface area (Å²) in [6.45, 7) is 0. The van der Waals surface area contributed by atoms with Crippen molar-refractivity contribution in [2.45, 2.75) is 6.17 Å². The lowest BCUT2D eigenvalue weighted by atomic mass is 9.94. The minimum atomic E-state index is -0.369. The zero-order valence-electron chi connectivity index (χ0n) is 36.2. The first-order valence-corrected chi connectivity index (χ1v) is 23.6. The van der Waals surface area contributed by atoms with Gasteiger partial charge >= 0.3 is 0 Å². The number of fused-ring (bicyclic) bond motifs is 11. The molecule has 67 heavy (non-hydrogen) atoms. The van der Waals surface area contributed by atoms with Crippen molar-refractivity contribution in [3.63, 3.8) is 0 Å². The van der Waals surface area contributed by atoms with Crippen LogP contribution in [0.2, 0.25) is 0 Å². The lowest BCUT2D eigenvalue weighted by molar-refractivity contribution is 0.665. The number of nitrogens with zero attached hydrogens (tertiary/aromatic N) is 2. The predicted octanol–water partition coefficient (Wildman–Crippen LogP) is 17.0. The second kappa shape index (κ2) is 15.0. The van der Waals surface area contributed by atoms with Crippen molar-refractivity contribution in [1.29, 1.82) is 0 Å².